The van der Waals surface area contributed by atoms with Crippen LogP contribution < -0.4 is 10.9 Å². The van der Waals surface area contributed by atoms with Crippen molar-refractivity contribution in [2.75, 3.05) is 5.43 Å². The average molecular weight is 287 g/mol. The normalized spacial score (nSPS) is 10.1. The number of carboxylic acid groups (broad SMARTS) is 1. The fourth-order valence-electron chi connectivity index (χ4n) is 1.89. The molecular weight excluding hydrogens is 274 g/mol. The van der Waals surface area contributed by atoms with Crippen molar-refractivity contribution in [2.24, 2.45) is 0 Å². The first-order valence-corrected chi connectivity index (χ1v) is 6.13. The van der Waals surface area contributed by atoms with Gasteiger partial charge in [-0.15, -0.1) is 0 Å². The van der Waals surface area contributed by atoms with E-state index in [0.29, 0.717) is 5.56 Å². The highest BCUT2D eigenvalue weighted by Crippen LogP contribution is 2.23. The van der Waals surface area contributed by atoms with Gasteiger partial charge >= 0.3 is 5.97 Å². The lowest BCUT2D eigenvalue weighted by molar-refractivity contribution is -0.385. The van der Waals surface area contributed by atoms with Crippen LogP contribution in [0.3, 0.4) is 0 Å². The molecule has 2 aromatic carbocycles. The minimum absolute atomic E-state index is 0.117. The Kier molecular flexibility index (Phi) is 4.47. The highest BCUT2D eigenvalue weighted by molar-refractivity contribution is 5.93. The monoisotopic (exact) mass is 287 g/mol. The molecule has 0 unspecified atom stereocenters. The molecule has 0 saturated carbocycles. The van der Waals surface area contributed by atoms with Gasteiger partial charge in [-0.25, -0.2) is 10.2 Å². The lowest BCUT2D eigenvalue weighted by Crippen LogP contribution is -2.21. The van der Waals surface area contributed by atoms with Crippen molar-refractivity contribution in [2.45, 2.75) is 6.54 Å². The first-order valence-electron chi connectivity index (χ1n) is 6.13. The molecule has 0 amide bonds. The Bertz CT molecular complexity index is 659. The van der Waals surface area contributed by atoms with Crippen LogP contribution in [-0.2, 0) is 6.54 Å². The quantitative estimate of drug-likeness (QED) is 0.556. The molecule has 0 heterocycles. The maximum atomic E-state index is 11.1. The van der Waals surface area contributed by atoms with Crippen LogP contribution in [0.5, 0.6) is 0 Å². The Labute approximate surface area is 120 Å². The second-order valence-electron chi connectivity index (χ2n) is 4.22. The third-order valence-electron chi connectivity index (χ3n) is 2.82. The molecule has 0 aliphatic heterocycles. The van der Waals surface area contributed by atoms with E-state index >= 15 is 0 Å². The van der Waals surface area contributed by atoms with E-state index in [4.69, 9.17) is 5.11 Å². The number of nitro benzene ring substituents is 1. The molecule has 0 saturated heterocycles. The minimum atomic E-state index is -1.32. The van der Waals surface area contributed by atoms with Gasteiger partial charge < -0.3 is 10.5 Å². The van der Waals surface area contributed by atoms with Crippen molar-refractivity contribution < 1.29 is 14.8 Å². The first-order chi connectivity index (χ1) is 10.1. The smallest absolute Gasteiger partial charge is 0.342 e. The number of para-hydroxylation sites is 2. The zero-order valence-electron chi connectivity index (χ0n) is 10.9. The Morgan fingerprint density at radius 3 is 2.48 bits per heavy atom. The SMILES string of the molecule is O=C(O)c1cccc(CNNc2ccccc2)c1[N+](=O)[O-]. The largest absolute Gasteiger partial charge is 0.477 e. The Balaban J connectivity index is 2.14. The van der Waals surface area contributed by atoms with E-state index in [1.54, 1.807) is 0 Å². The van der Waals surface area contributed by atoms with Crippen LogP contribution in [0.4, 0.5) is 11.4 Å². The fourth-order valence-corrected chi connectivity index (χ4v) is 1.89. The number of hydrogen-bond acceptors (Lipinski definition) is 5. The molecule has 0 radical (unpaired) electrons. The molecule has 0 aromatic heterocycles. The Hall–Kier alpha value is -2.93. The fraction of sp³-hybridized carbons (Fsp3) is 0.0714. The summed E-state index contributed by atoms with van der Waals surface area (Å²) >= 11 is 0. The topological polar surface area (TPSA) is 104 Å². The van der Waals surface area contributed by atoms with Crippen LogP contribution in [0.2, 0.25) is 0 Å². The molecule has 0 bridgehead atoms. The molecular formula is C14H13N3O4. The van der Waals surface area contributed by atoms with E-state index in [2.05, 4.69) is 10.9 Å². The van der Waals surface area contributed by atoms with Crippen LogP contribution in [0.1, 0.15) is 15.9 Å². The van der Waals surface area contributed by atoms with E-state index < -0.39 is 16.6 Å². The van der Waals surface area contributed by atoms with Gasteiger partial charge in [0.25, 0.3) is 5.69 Å². The Morgan fingerprint density at radius 2 is 1.86 bits per heavy atom. The van der Waals surface area contributed by atoms with E-state index in [0.717, 1.165) is 5.69 Å². The number of carbonyl (C=O) groups is 1. The predicted molar refractivity (Wildman–Crippen MR) is 77.0 cm³/mol. The van der Waals surface area contributed by atoms with Crippen molar-refractivity contribution in [3.63, 3.8) is 0 Å². The zero-order chi connectivity index (χ0) is 15.2. The molecule has 7 heteroatoms. The number of rotatable bonds is 6. The summed E-state index contributed by atoms with van der Waals surface area (Å²) in [5, 5.41) is 20.1. The van der Waals surface area contributed by atoms with Gasteiger partial charge in [0.05, 0.1) is 4.92 Å². The molecule has 2 rings (SSSR count). The summed E-state index contributed by atoms with van der Waals surface area (Å²) in [4.78, 5) is 21.4. The number of hydrazine groups is 1. The predicted octanol–water partition coefficient (Wildman–Crippen LogP) is 2.41. The van der Waals surface area contributed by atoms with Crippen LogP contribution in [0.15, 0.2) is 48.5 Å². The molecule has 21 heavy (non-hydrogen) atoms. The second-order valence-corrected chi connectivity index (χ2v) is 4.22. The van der Waals surface area contributed by atoms with E-state index in [9.17, 15) is 14.9 Å². The number of nitro groups is 1. The summed E-state index contributed by atoms with van der Waals surface area (Å²) in [6, 6.07) is 13.4. The van der Waals surface area contributed by atoms with Crippen LogP contribution >= 0.6 is 0 Å². The van der Waals surface area contributed by atoms with Crippen LogP contribution in [0, 0.1) is 10.1 Å². The van der Waals surface area contributed by atoms with Gasteiger partial charge in [-0.05, 0) is 18.2 Å². The summed E-state index contributed by atoms with van der Waals surface area (Å²) in [7, 11) is 0. The van der Waals surface area contributed by atoms with Gasteiger partial charge in [-0.2, -0.15) is 0 Å². The number of hydrogen-bond donors (Lipinski definition) is 3. The number of aromatic carboxylic acids is 1. The maximum absolute atomic E-state index is 11.1. The third-order valence-corrected chi connectivity index (χ3v) is 2.82. The lowest BCUT2D eigenvalue weighted by Gasteiger charge is -2.09. The third kappa shape index (κ3) is 3.54. The van der Waals surface area contributed by atoms with Gasteiger partial charge in [-0.1, -0.05) is 30.3 Å². The van der Waals surface area contributed by atoms with Crippen molar-refractivity contribution >= 4 is 17.3 Å². The van der Waals surface area contributed by atoms with Crippen LogP contribution in [-0.4, -0.2) is 16.0 Å². The molecule has 0 aliphatic carbocycles. The zero-order valence-corrected chi connectivity index (χ0v) is 10.9. The molecule has 7 nitrogen and oxygen atoms in total. The summed E-state index contributed by atoms with van der Waals surface area (Å²) in [5.74, 6) is -1.32. The molecule has 0 aliphatic rings. The van der Waals surface area contributed by atoms with Gasteiger partial charge in [0.15, 0.2) is 0 Å². The molecule has 108 valence electrons. The van der Waals surface area contributed by atoms with Crippen molar-refractivity contribution in [3.8, 4) is 0 Å². The Morgan fingerprint density at radius 1 is 1.14 bits per heavy atom. The first kappa shape index (κ1) is 14.5. The molecule has 0 atom stereocenters. The van der Waals surface area contributed by atoms with E-state index in [-0.39, 0.29) is 12.1 Å². The molecule has 0 spiro atoms. The van der Waals surface area contributed by atoms with Gasteiger partial charge in [0.2, 0.25) is 0 Å². The minimum Gasteiger partial charge on any atom is -0.477 e. The summed E-state index contributed by atoms with van der Waals surface area (Å²) < 4.78 is 0. The maximum Gasteiger partial charge on any atom is 0.342 e. The summed E-state index contributed by atoms with van der Waals surface area (Å²) in [6.07, 6.45) is 0. The van der Waals surface area contributed by atoms with Crippen molar-refractivity contribution in [3.05, 3.63) is 69.8 Å². The van der Waals surface area contributed by atoms with Crippen molar-refractivity contribution in [1.82, 2.24) is 5.43 Å². The van der Waals surface area contributed by atoms with Gasteiger partial charge in [0, 0.05) is 17.8 Å². The second kappa shape index (κ2) is 6.49. The molecule has 2 aromatic rings. The number of carboxylic acids is 1. The van der Waals surface area contributed by atoms with Gasteiger partial charge in [-0.3, -0.25) is 10.1 Å². The van der Waals surface area contributed by atoms with Crippen molar-refractivity contribution in [1.29, 1.82) is 0 Å². The number of anilines is 1. The number of nitrogens with zero attached hydrogens (tertiary/aromatic N) is 1. The lowest BCUT2D eigenvalue weighted by atomic mass is 10.1. The summed E-state index contributed by atoms with van der Waals surface area (Å²) in [5.41, 5.74) is 6.10. The standard InChI is InChI=1S/C14H13N3O4/c18-14(19)12-8-4-5-10(13(12)17(20)21)9-15-16-11-6-2-1-3-7-11/h1-8,15-16H,9H2,(H,18,19). The average Bonchev–Trinajstić information content (AvgIpc) is 2.47. The molecule has 3 N–H and O–H groups in total. The van der Waals surface area contributed by atoms with Gasteiger partial charge in [0.1, 0.15) is 5.56 Å². The summed E-state index contributed by atoms with van der Waals surface area (Å²) in [6.45, 7) is 0.117. The molecule has 0 fully saturated rings. The number of benzene rings is 2. The van der Waals surface area contributed by atoms with E-state index in [1.165, 1.54) is 18.2 Å². The highest BCUT2D eigenvalue weighted by Gasteiger charge is 2.23. The number of nitrogens with one attached hydrogen (secondary N) is 2. The van der Waals surface area contributed by atoms with E-state index in [1.807, 2.05) is 30.3 Å². The van der Waals surface area contributed by atoms with Crippen LogP contribution in [0.25, 0.3) is 0 Å². The highest BCUT2D eigenvalue weighted by atomic mass is 16.6.